The number of halogens is 1. The van der Waals surface area contributed by atoms with E-state index >= 15 is 0 Å². The van der Waals surface area contributed by atoms with E-state index in [0.717, 1.165) is 12.1 Å². The molecule has 1 fully saturated rings. The highest BCUT2D eigenvalue weighted by Gasteiger charge is 2.26. The molecule has 132 valence electrons. The van der Waals surface area contributed by atoms with Crippen molar-refractivity contribution in [2.45, 2.75) is 4.90 Å². The number of hydrogen-bond donors (Lipinski definition) is 0. The quantitative estimate of drug-likeness (QED) is 0.764. The summed E-state index contributed by atoms with van der Waals surface area (Å²) in [5, 5.41) is 0.429. The molecule has 0 saturated carbocycles. The number of hydrogen-bond acceptors (Lipinski definition) is 5. The minimum atomic E-state index is -3.46. The number of sulfone groups is 1. The first-order chi connectivity index (χ1) is 11.9. The predicted octanol–water partition coefficient (Wildman–Crippen LogP) is 2.10. The van der Waals surface area contributed by atoms with Gasteiger partial charge in [-0.25, -0.2) is 13.4 Å². The predicted molar refractivity (Wildman–Crippen MR) is 96.9 cm³/mol. The van der Waals surface area contributed by atoms with E-state index in [4.69, 9.17) is 11.6 Å². The fourth-order valence-electron chi connectivity index (χ4n) is 2.85. The van der Waals surface area contributed by atoms with Crippen LogP contribution < -0.4 is 4.90 Å². The van der Waals surface area contributed by atoms with E-state index in [1.807, 2.05) is 12.1 Å². The van der Waals surface area contributed by atoms with Gasteiger partial charge in [0.15, 0.2) is 9.84 Å². The second-order valence-electron chi connectivity index (χ2n) is 5.87. The molecule has 0 unspecified atom stereocenters. The van der Waals surface area contributed by atoms with Crippen molar-refractivity contribution < 1.29 is 13.2 Å². The van der Waals surface area contributed by atoms with Crippen LogP contribution >= 0.6 is 11.6 Å². The third kappa shape index (κ3) is 3.93. The summed E-state index contributed by atoms with van der Waals surface area (Å²) in [5.74, 6) is 0.510. The summed E-state index contributed by atoms with van der Waals surface area (Å²) in [6.45, 7) is 2.20. The number of anilines is 1. The molecular formula is C17H18ClN3O3S. The van der Waals surface area contributed by atoms with Gasteiger partial charge in [-0.15, -0.1) is 0 Å². The smallest absolute Gasteiger partial charge is 0.255 e. The summed E-state index contributed by atoms with van der Waals surface area (Å²) in [4.78, 5) is 20.8. The lowest BCUT2D eigenvalue weighted by Crippen LogP contribution is -2.49. The molecule has 1 aliphatic rings. The topological polar surface area (TPSA) is 70.6 Å². The highest BCUT2D eigenvalue weighted by molar-refractivity contribution is 7.90. The Balaban J connectivity index is 1.75. The van der Waals surface area contributed by atoms with Gasteiger partial charge in [-0.2, -0.15) is 0 Å². The fraction of sp³-hybridized carbons (Fsp3) is 0.294. The van der Waals surface area contributed by atoms with Crippen LogP contribution in [0.4, 0.5) is 5.82 Å². The maximum absolute atomic E-state index is 12.8. The normalized spacial score (nSPS) is 15.3. The molecule has 2 aromatic rings. The number of nitrogens with zero attached hydrogens (tertiary/aromatic N) is 3. The van der Waals surface area contributed by atoms with Gasteiger partial charge in [-0.1, -0.05) is 29.8 Å². The van der Waals surface area contributed by atoms with Crippen molar-refractivity contribution in [3.63, 3.8) is 0 Å². The fourth-order valence-corrected chi connectivity index (χ4v) is 3.89. The van der Waals surface area contributed by atoms with E-state index in [9.17, 15) is 13.2 Å². The van der Waals surface area contributed by atoms with E-state index in [2.05, 4.69) is 9.88 Å². The molecule has 3 rings (SSSR count). The maximum Gasteiger partial charge on any atom is 0.255 e. The molecule has 1 aromatic heterocycles. The summed E-state index contributed by atoms with van der Waals surface area (Å²) >= 11 is 5.92. The van der Waals surface area contributed by atoms with Crippen LogP contribution in [-0.4, -0.2) is 56.6 Å². The van der Waals surface area contributed by atoms with E-state index in [-0.39, 0.29) is 16.4 Å². The third-order valence-corrected chi connectivity index (χ3v) is 5.47. The zero-order valence-corrected chi connectivity index (χ0v) is 15.3. The minimum Gasteiger partial charge on any atom is -0.353 e. The number of carbonyl (C=O) groups excluding carboxylic acids is 1. The van der Waals surface area contributed by atoms with Crippen molar-refractivity contribution in [1.82, 2.24) is 9.88 Å². The average Bonchev–Trinajstić information content (AvgIpc) is 2.60. The van der Waals surface area contributed by atoms with Gasteiger partial charge in [0.05, 0.1) is 10.5 Å². The zero-order valence-electron chi connectivity index (χ0n) is 13.7. The Labute approximate surface area is 152 Å². The lowest BCUT2D eigenvalue weighted by atomic mass is 10.2. The Morgan fingerprint density at radius 1 is 1.04 bits per heavy atom. The highest BCUT2D eigenvalue weighted by atomic mass is 35.5. The molecule has 0 atom stereocenters. The highest BCUT2D eigenvalue weighted by Crippen LogP contribution is 2.20. The molecule has 2 heterocycles. The molecule has 0 aliphatic carbocycles. The Morgan fingerprint density at radius 3 is 2.36 bits per heavy atom. The van der Waals surface area contributed by atoms with Crippen LogP contribution in [0.25, 0.3) is 0 Å². The van der Waals surface area contributed by atoms with Gasteiger partial charge in [-0.05, 0) is 24.3 Å². The van der Waals surface area contributed by atoms with Gasteiger partial charge in [0.2, 0.25) is 0 Å². The number of aromatic nitrogens is 1. The first kappa shape index (κ1) is 17.7. The van der Waals surface area contributed by atoms with Crippen LogP contribution in [0.1, 0.15) is 10.4 Å². The van der Waals surface area contributed by atoms with Crippen LogP contribution in [0.5, 0.6) is 0 Å². The van der Waals surface area contributed by atoms with Crippen LogP contribution in [0.3, 0.4) is 0 Å². The van der Waals surface area contributed by atoms with Crippen molar-refractivity contribution in [3.8, 4) is 0 Å². The van der Waals surface area contributed by atoms with Gasteiger partial charge in [-0.3, -0.25) is 4.79 Å². The van der Waals surface area contributed by atoms with Gasteiger partial charge in [0.25, 0.3) is 5.91 Å². The number of amides is 1. The van der Waals surface area contributed by atoms with Crippen LogP contribution in [0.15, 0.2) is 47.4 Å². The second kappa shape index (κ2) is 7.01. The number of carbonyl (C=O) groups is 1. The molecule has 1 amide bonds. The molecule has 6 nitrogen and oxygen atoms in total. The van der Waals surface area contributed by atoms with Gasteiger partial charge in [0, 0.05) is 32.4 Å². The third-order valence-electron chi connectivity index (χ3n) is 4.11. The van der Waals surface area contributed by atoms with E-state index < -0.39 is 9.84 Å². The molecule has 0 spiro atoms. The summed E-state index contributed by atoms with van der Waals surface area (Å²) < 4.78 is 23.8. The molecule has 8 heteroatoms. The largest absolute Gasteiger partial charge is 0.353 e. The van der Waals surface area contributed by atoms with Crippen molar-refractivity contribution in [1.29, 1.82) is 0 Å². The molecule has 0 N–H and O–H groups in total. The van der Waals surface area contributed by atoms with E-state index in [1.54, 1.807) is 29.2 Å². The lowest BCUT2D eigenvalue weighted by Gasteiger charge is -2.35. The molecule has 1 aliphatic heterocycles. The molecular weight excluding hydrogens is 362 g/mol. The first-order valence-corrected chi connectivity index (χ1v) is 10.1. The SMILES string of the molecule is CS(=O)(=O)c1ccccc1C(=O)N1CCN(c2cccc(Cl)n2)CC1. The first-order valence-electron chi connectivity index (χ1n) is 7.82. The van der Waals surface area contributed by atoms with E-state index in [0.29, 0.717) is 31.3 Å². The van der Waals surface area contributed by atoms with Crippen molar-refractivity contribution in [2.75, 3.05) is 37.3 Å². The Kier molecular flexibility index (Phi) is 4.96. The summed E-state index contributed by atoms with van der Waals surface area (Å²) in [6.07, 6.45) is 1.11. The Morgan fingerprint density at radius 2 is 1.72 bits per heavy atom. The van der Waals surface area contributed by atoms with Gasteiger partial charge in [0.1, 0.15) is 11.0 Å². The van der Waals surface area contributed by atoms with Crippen LogP contribution in [0, 0.1) is 0 Å². The van der Waals surface area contributed by atoms with Crippen LogP contribution in [0.2, 0.25) is 5.15 Å². The Hall–Kier alpha value is -2.12. The van der Waals surface area contributed by atoms with Crippen LogP contribution in [-0.2, 0) is 9.84 Å². The summed E-state index contributed by atoms with van der Waals surface area (Å²) in [7, 11) is -3.46. The lowest BCUT2D eigenvalue weighted by molar-refractivity contribution is 0.0742. The van der Waals surface area contributed by atoms with Crippen molar-refractivity contribution >= 4 is 33.2 Å². The minimum absolute atomic E-state index is 0.0685. The number of rotatable bonds is 3. The molecule has 1 saturated heterocycles. The summed E-state index contributed by atoms with van der Waals surface area (Å²) in [5.41, 5.74) is 0.222. The molecule has 25 heavy (non-hydrogen) atoms. The van der Waals surface area contributed by atoms with E-state index in [1.165, 1.54) is 6.07 Å². The molecule has 0 bridgehead atoms. The Bertz CT molecular complexity index is 894. The zero-order chi connectivity index (χ0) is 18.0. The van der Waals surface area contributed by atoms with Crippen molar-refractivity contribution in [3.05, 3.63) is 53.2 Å². The standard InChI is InChI=1S/C17H18ClN3O3S/c1-25(23,24)14-6-3-2-5-13(14)17(22)21-11-9-20(10-12-21)16-8-4-7-15(18)19-16/h2-8H,9-12H2,1H3. The molecule has 1 aromatic carbocycles. The summed E-state index contributed by atoms with van der Waals surface area (Å²) in [6, 6.07) is 11.8. The van der Waals surface area contributed by atoms with Gasteiger partial charge >= 0.3 is 0 Å². The monoisotopic (exact) mass is 379 g/mol. The number of pyridine rings is 1. The maximum atomic E-state index is 12.8. The number of piperazine rings is 1. The average molecular weight is 380 g/mol. The second-order valence-corrected chi connectivity index (χ2v) is 8.24. The van der Waals surface area contributed by atoms with Crippen molar-refractivity contribution in [2.24, 2.45) is 0 Å². The molecule has 0 radical (unpaired) electrons. The van der Waals surface area contributed by atoms with Gasteiger partial charge < -0.3 is 9.80 Å². The number of benzene rings is 1.